The van der Waals surface area contributed by atoms with Gasteiger partial charge in [0.25, 0.3) is 0 Å². The molecule has 0 aromatic heterocycles. The summed E-state index contributed by atoms with van der Waals surface area (Å²) in [6.45, 7) is 5.55. The van der Waals surface area contributed by atoms with E-state index in [1.54, 1.807) is 13.2 Å². The van der Waals surface area contributed by atoms with Crippen molar-refractivity contribution in [2.45, 2.75) is 38.7 Å². The van der Waals surface area contributed by atoms with Crippen LogP contribution in [-0.2, 0) is 9.53 Å². The molecule has 1 spiro atoms. The minimum absolute atomic E-state index is 0.102. The molecule has 0 saturated carbocycles. The number of ether oxygens (including phenoxy) is 2. The van der Waals surface area contributed by atoms with Gasteiger partial charge in [-0.05, 0) is 18.6 Å². The van der Waals surface area contributed by atoms with Gasteiger partial charge in [0, 0.05) is 32.1 Å². The predicted molar refractivity (Wildman–Crippen MR) is 90.2 cm³/mol. The number of hydrogen-bond acceptors (Lipinski definition) is 4. The minimum atomic E-state index is -0.571. The zero-order valence-corrected chi connectivity index (χ0v) is 14.6. The highest BCUT2D eigenvalue weighted by atomic mass is 16.5. The lowest BCUT2D eigenvalue weighted by molar-refractivity contribution is -0.141. The lowest BCUT2D eigenvalue weighted by Crippen LogP contribution is -2.47. The molecule has 2 aliphatic heterocycles. The number of rotatable bonds is 4. The summed E-state index contributed by atoms with van der Waals surface area (Å²) in [6.07, 6.45) is 1.71. The van der Waals surface area contributed by atoms with Gasteiger partial charge in [-0.25, -0.2) is 0 Å². The molecule has 1 saturated heterocycles. The molecule has 0 N–H and O–H groups in total. The summed E-state index contributed by atoms with van der Waals surface area (Å²) in [7, 11) is 1.64. The molecule has 0 bridgehead atoms. The number of carbonyl (C=O) groups excluding carboxylic acids is 2. The summed E-state index contributed by atoms with van der Waals surface area (Å²) in [4.78, 5) is 27.2. The van der Waals surface area contributed by atoms with Crippen molar-refractivity contribution < 1.29 is 19.1 Å². The van der Waals surface area contributed by atoms with Crippen molar-refractivity contribution in [2.75, 3.05) is 26.8 Å². The van der Waals surface area contributed by atoms with E-state index in [0.717, 1.165) is 0 Å². The van der Waals surface area contributed by atoms with Gasteiger partial charge in [-0.2, -0.15) is 0 Å². The molecular formula is C19H25NO4. The first-order chi connectivity index (χ1) is 11.4. The van der Waals surface area contributed by atoms with Crippen LogP contribution in [0.1, 0.15) is 43.5 Å². The van der Waals surface area contributed by atoms with Gasteiger partial charge in [-0.15, -0.1) is 0 Å². The Balaban J connectivity index is 1.74. The Morgan fingerprint density at radius 1 is 1.38 bits per heavy atom. The molecule has 0 radical (unpaired) electrons. The monoisotopic (exact) mass is 331 g/mol. The largest absolute Gasteiger partial charge is 0.484 e. The molecule has 5 heteroatoms. The Hall–Kier alpha value is -1.88. The Kier molecular flexibility index (Phi) is 4.38. The maximum Gasteiger partial charge on any atom is 0.228 e. The van der Waals surface area contributed by atoms with Crippen LogP contribution in [0.5, 0.6) is 5.75 Å². The number of carbonyl (C=O) groups is 2. The molecule has 130 valence electrons. The summed E-state index contributed by atoms with van der Waals surface area (Å²) in [5.41, 5.74) is -0.398. The van der Waals surface area contributed by atoms with Crippen molar-refractivity contribution in [1.29, 1.82) is 0 Å². The molecule has 1 atom stereocenters. The van der Waals surface area contributed by atoms with Gasteiger partial charge in [-0.1, -0.05) is 26.0 Å². The molecule has 3 rings (SSSR count). The fourth-order valence-corrected chi connectivity index (χ4v) is 3.58. The number of nitrogens with zero attached hydrogens (tertiary/aromatic N) is 1. The third-order valence-electron chi connectivity index (χ3n) is 5.11. The number of fused-ring (bicyclic) bond motifs is 1. The van der Waals surface area contributed by atoms with E-state index >= 15 is 0 Å². The summed E-state index contributed by atoms with van der Waals surface area (Å²) < 4.78 is 11.3. The first-order valence-electron chi connectivity index (χ1n) is 8.46. The van der Waals surface area contributed by atoms with Gasteiger partial charge < -0.3 is 14.4 Å². The van der Waals surface area contributed by atoms with E-state index in [1.165, 1.54) is 0 Å². The van der Waals surface area contributed by atoms with Crippen molar-refractivity contribution >= 4 is 11.7 Å². The second kappa shape index (κ2) is 6.20. The standard InChI is InChI=1S/C19H25NO4/c1-18(2,9-11-23-3)17(22)20-10-8-19(13-20)12-15(21)14-6-4-5-7-16(14)24-19/h4-7H,8-13H2,1-3H3/t19-/m1/s1. The van der Waals surface area contributed by atoms with Crippen molar-refractivity contribution in [3.05, 3.63) is 29.8 Å². The summed E-state index contributed by atoms with van der Waals surface area (Å²) >= 11 is 0. The fourth-order valence-electron chi connectivity index (χ4n) is 3.58. The van der Waals surface area contributed by atoms with Crippen molar-refractivity contribution in [1.82, 2.24) is 4.90 Å². The van der Waals surface area contributed by atoms with Crippen LogP contribution in [0, 0.1) is 5.41 Å². The van der Waals surface area contributed by atoms with Gasteiger partial charge in [0.2, 0.25) is 5.91 Å². The van der Waals surface area contributed by atoms with Crippen LogP contribution in [0.4, 0.5) is 0 Å². The van der Waals surface area contributed by atoms with Gasteiger partial charge in [0.15, 0.2) is 5.78 Å². The number of hydrogen-bond donors (Lipinski definition) is 0. The highest BCUT2D eigenvalue weighted by Gasteiger charge is 2.48. The van der Waals surface area contributed by atoms with Crippen LogP contribution >= 0.6 is 0 Å². The highest BCUT2D eigenvalue weighted by molar-refractivity contribution is 6.00. The summed E-state index contributed by atoms with van der Waals surface area (Å²) in [5, 5.41) is 0. The number of amides is 1. The van der Waals surface area contributed by atoms with Gasteiger partial charge in [0.05, 0.1) is 18.5 Å². The quantitative estimate of drug-likeness (QED) is 0.851. The van der Waals surface area contributed by atoms with Crippen LogP contribution < -0.4 is 4.74 Å². The molecule has 0 unspecified atom stereocenters. The zero-order chi connectivity index (χ0) is 17.4. The van der Waals surface area contributed by atoms with Crippen molar-refractivity contribution in [3.8, 4) is 5.75 Å². The zero-order valence-electron chi connectivity index (χ0n) is 14.6. The van der Waals surface area contributed by atoms with E-state index in [1.807, 2.05) is 36.9 Å². The van der Waals surface area contributed by atoms with Crippen LogP contribution in [0.15, 0.2) is 24.3 Å². The average molecular weight is 331 g/mol. The Morgan fingerprint density at radius 2 is 2.12 bits per heavy atom. The average Bonchev–Trinajstić information content (AvgIpc) is 2.95. The van der Waals surface area contributed by atoms with Gasteiger partial charge >= 0.3 is 0 Å². The number of likely N-dealkylation sites (tertiary alicyclic amines) is 1. The van der Waals surface area contributed by atoms with E-state index in [0.29, 0.717) is 50.3 Å². The molecule has 2 aliphatic rings. The molecule has 1 aromatic carbocycles. The molecule has 24 heavy (non-hydrogen) atoms. The molecule has 2 heterocycles. The van der Waals surface area contributed by atoms with E-state index in [2.05, 4.69) is 0 Å². The molecular weight excluding hydrogens is 306 g/mol. The number of methoxy groups -OCH3 is 1. The van der Waals surface area contributed by atoms with Gasteiger partial charge in [0.1, 0.15) is 11.4 Å². The number of ketones is 1. The lowest BCUT2D eigenvalue weighted by atomic mass is 9.87. The Bertz CT molecular complexity index is 655. The first kappa shape index (κ1) is 17.0. The Morgan fingerprint density at radius 3 is 2.88 bits per heavy atom. The number of Topliss-reactive ketones (excluding diaryl/α,β-unsaturated/α-hetero) is 1. The minimum Gasteiger partial charge on any atom is -0.484 e. The normalized spacial score (nSPS) is 23.3. The van der Waals surface area contributed by atoms with Crippen molar-refractivity contribution in [3.63, 3.8) is 0 Å². The lowest BCUT2D eigenvalue weighted by Gasteiger charge is -2.35. The first-order valence-corrected chi connectivity index (χ1v) is 8.46. The van der Waals surface area contributed by atoms with Crippen molar-refractivity contribution in [2.24, 2.45) is 5.41 Å². The fraction of sp³-hybridized carbons (Fsp3) is 0.579. The highest BCUT2D eigenvalue weighted by Crippen LogP contribution is 2.39. The Labute approximate surface area is 142 Å². The third-order valence-corrected chi connectivity index (χ3v) is 5.11. The molecule has 1 aromatic rings. The molecule has 5 nitrogen and oxygen atoms in total. The van der Waals surface area contributed by atoms with Crippen LogP contribution in [-0.4, -0.2) is 49.0 Å². The third kappa shape index (κ3) is 3.05. The summed E-state index contributed by atoms with van der Waals surface area (Å²) in [5.74, 6) is 0.845. The number of para-hydroxylation sites is 1. The van der Waals surface area contributed by atoms with E-state index < -0.39 is 11.0 Å². The smallest absolute Gasteiger partial charge is 0.228 e. The topological polar surface area (TPSA) is 55.8 Å². The molecule has 0 aliphatic carbocycles. The maximum absolute atomic E-state index is 12.9. The second-order valence-corrected chi connectivity index (χ2v) is 7.48. The number of benzene rings is 1. The van der Waals surface area contributed by atoms with Crippen LogP contribution in [0.3, 0.4) is 0 Å². The maximum atomic E-state index is 12.9. The van der Waals surface area contributed by atoms with Crippen LogP contribution in [0.25, 0.3) is 0 Å². The molecule has 1 fully saturated rings. The van der Waals surface area contributed by atoms with E-state index in [9.17, 15) is 9.59 Å². The molecule has 1 amide bonds. The van der Waals surface area contributed by atoms with Gasteiger partial charge in [-0.3, -0.25) is 9.59 Å². The van der Waals surface area contributed by atoms with E-state index in [4.69, 9.17) is 9.47 Å². The SMILES string of the molecule is COCCC(C)(C)C(=O)N1CC[C@@]2(CC(=O)c3ccccc3O2)C1. The summed E-state index contributed by atoms with van der Waals surface area (Å²) in [6, 6.07) is 7.36. The predicted octanol–water partition coefficient (Wildman–Crippen LogP) is 2.69. The second-order valence-electron chi connectivity index (χ2n) is 7.48. The van der Waals surface area contributed by atoms with Crippen LogP contribution in [0.2, 0.25) is 0 Å². The van der Waals surface area contributed by atoms with E-state index in [-0.39, 0.29) is 11.7 Å².